The van der Waals surface area contributed by atoms with Gasteiger partial charge in [0, 0.05) is 97.9 Å². The molecule has 64 heavy (non-hydrogen) atoms. The number of hydrazine groups is 1. The van der Waals surface area contributed by atoms with Gasteiger partial charge in [0.15, 0.2) is 0 Å². The average Bonchev–Trinajstić information content (AvgIpc) is 3.79. The Hall–Kier alpha value is -4.90. The fourth-order valence-electron chi connectivity index (χ4n) is 10.00. The number of nitrogens with zero attached hydrogens (tertiary/aromatic N) is 7. The van der Waals surface area contributed by atoms with Gasteiger partial charge in [0.25, 0.3) is 5.91 Å². The SMILES string of the molecule is CCn1c(-c2cccnc2[C@H](C)OC)c2c3cc(ccc31)-c1csc(n1)C[C@H](NC(=O)[C@H](C(C)C)N(C)C(=O)N1CCN(C)C3(CC3)C1)C(=O)N1CCC[C@H](N1)C(=O)OCC(C)(C)C2. The minimum Gasteiger partial charge on any atom is -0.464 e. The van der Waals surface area contributed by atoms with Crippen LogP contribution >= 0.6 is 11.3 Å². The summed E-state index contributed by atoms with van der Waals surface area (Å²) in [4.78, 5) is 72.7. The Balaban J connectivity index is 1.16. The summed E-state index contributed by atoms with van der Waals surface area (Å²) in [6, 6.07) is 7.67. The molecule has 1 aromatic carbocycles. The van der Waals surface area contributed by atoms with E-state index >= 15 is 0 Å². The van der Waals surface area contributed by atoms with Crippen molar-refractivity contribution in [1.29, 1.82) is 0 Å². The summed E-state index contributed by atoms with van der Waals surface area (Å²) in [6.45, 7) is 15.4. The molecule has 4 aromatic rings. The van der Waals surface area contributed by atoms with Gasteiger partial charge in [-0.25, -0.2) is 15.2 Å². The van der Waals surface area contributed by atoms with E-state index in [4.69, 9.17) is 19.4 Å². The second kappa shape index (κ2) is 18.2. The summed E-state index contributed by atoms with van der Waals surface area (Å²) in [7, 11) is 5.49. The Morgan fingerprint density at radius 3 is 2.62 bits per heavy atom. The number of fused-ring (bicyclic) bond motifs is 6. The van der Waals surface area contributed by atoms with E-state index in [-0.39, 0.29) is 42.5 Å². The number of carbonyl (C=O) groups excluding carboxylic acids is 4. The van der Waals surface area contributed by atoms with E-state index < -0.39 is 35.4 Å². The minimum absolute atomic E-state index is 0.0255. The van der Waals surface area contributed by atoms with Gasteiger partial charge in [0.05, 0.1) is 34.8 Å². The Morgan fingerprint density at radius 2 is 1.91 bits per heavy atom. The highest BCUT2D eigenvalue weighted by Gasteiger charge is 2.51. The lowest BCUT2D eigenvalue weighted by Gasteiger charge is -2.43. The van der Waals surface area contributed by atoms with Crippen LogP contribution in [0.4, 0.5) is 4.79 Å². The highest BCUT2D eigenvalue weighted by molar-refractivity contribution is 7.10. The third-order valence-corrected chi connectivity index (χ3v) is 14.7. The Kier molecular flexibility index (Phi) is 13.0. The molecule has 0 radical (unpaired) electrons. The van der Waals surface area contributed by atoms with Gasteiger partial charge in [-0.2, -0.15) is 0 Å². The monoisotopic (exact) mass is 895 g/mol. The van der Waals surface area contributed by atoms with Crippen molar-refractivity contribution in [2.24, 2.45) is 11.3 Å². The maximum Gasteiger partial charge on any atom is 0.324 e. The lowest BCUT2D eigenvalue weighted by atomic mass is 9.84. The standard InChI is InChI=1S/C48H65N9O6S/c1-10-56-38-16-15-31-23-33(38)34(42(56)32-13-11-19-49-40(32)30(4)62-9)25-47(5,6)28-63-45(60)35-14-12-20-57(52-35)44(59)36(24-39-50-37(31)26-64-39)51-43(58)41(29(2)3)54(8)46(61)55-22-21-53(7)48(27-55)17-18-48/h11,13,15-16,19,23,26,29-30,35-36,41,52H,10,12,14,17-18,20-22,24-25,27-28H2,1-9H3,(H,51,58)/t30-,35-,36-,41-/m0/s1. The number of esters is 1. The molecule has 16 heteroatoms. The van der Waals surface area contributed by atoms with Crippen LogP contribution in [0.25, 0.3) is 33.4 Å². The van der Waals surface area contributed by atoms with Gasteiger partial charge in [0.1, 0.15) is 18.1 Å². The number of urea groups is 1. The number of piperazine rings is 1. The summed E-state index contributed by atoms with van der Waals surface area (Å²) in [5.74, 6) is -1.48. The third kappa shape index (κ3) is 8.90. The number of likely N-dealkylation sites (N-methyl/N-ethyl adjacent to an activating group) is 2. The van der Waals surface area contributed by atoms with Gasteiger partial charge in [0.2, 0.25) is 5.91 Å². The summed E-state index contributed by atoms with van der Waals surface area (Å²) in [6.07, 6.45) is 5.43. The molecule has 4 atom stereocenters. The first-order valence-electron chi connectivity index (χ1n) is 22.9. The number of nitrogens with one attached hydrogen (secondary N) is 2. The number of hydrogen-bond acceptors (Lipinski definition) is 11. The molecule has 3 aromatic heterocycles. The van der Waals surface area contributed by atoms with Crippen molar-refractivity contribution in [3.63, 3.8) is 0 Å². The molecule has 1 saturated carbocycles. The van der Waals surface area contributed by atoms with Gasteiger partial charge in [-0.05, 0) is 88.7 Å². The predicted molar refractivity (Wildman–Crippen MR) is 247 cm³/mol. The molecule has 1 aliphatic carbocycles. The zero-order valence-electron chi connectivity index (χ0n) is 38.9. The number of aryl methyl sites for hydroxylation is 1. The topological polar surface area (TPSA) is 154 Å². The first-order valence-corrected chi connectivity index (χ1v) is 23.8. The molecule has 0 unspecified atom stereocenters. The van der Waals surface area contributed by atoms with Crippen molar-refractivity contribution < 1.29 is 28.7 Å². The number of hydrogen-bond donors (Lipinski definition) is 2. The van der Waals surface area contributed by atoms with Gasteiger partial charge >= 0.3 is 12.0 Å². The lowest BCUT2D eigenvalue weighted by molar-refractivity contribution is -0.155. The Bertz CT molecular complexity index is 2410. The molecule has 2 N–H and O–H groups in total. The third-order valence-electron chi connectivity index (χ3n) is 13.9. The number of pyridine rings is 1. The molecule has 4 amide bonds. The van der Waals surface area contributed by atoms with Crippen LogP contribution in [0, 0.1) is 11.3 Å². The summed E-state index contributed by atoms with van der Waals surface area (Å²) in [5.41, 5.74) is 9.46. The number of carbonyl (C=O) groups is 4. The number of rotatable bonds is 8. The molecular weight excluding hydrogens is 831 g/mol. The van der Waals surface area contributed by atoms with E-state index in [1.54, 1.807) is 20.4 Å². The number of ether oxygens (including phenoxy) is 2. The number of benzene rings is 1. The van der Waals surface area contributed by atoms with E-state index in [9.17, 15) is 19.2 Å². The summed E-state index contributed by atoms with van der Waals surface area (Å²) >= 11 is 1.44. The molecule has 8 rings (SSSR count). The molecular formula is C48H65N9O6S. The van der Waals surface area contributed by atoms with E-state index in [1.807, 2.05) is 37.1 Å². The van der Waals surface area contributed by atoms with Crippen LogP contribution < -0.4 is 10.7 Å². The van der Waals surface area contributed by atoms with Crippen LogP contribution in [0.1, 0.15) is 89.6 Å². The van der Waals surface area contributed by atoms with E-state index in [1.165, 1.54) is 21.2 Å². The smallest absolute Gasteiger partial charge is 0.324 e. The van der Waals surface area contributed by atoms with Gasteiger partial charge in [-0.15, -0.1) is 11.3 Å². The average molecular weight is 896 g/mol. The Labute approximate surface area is 380 Å². The summed E-state index contributed by atoms with van der Waals surface area (Å²) < 4.78 is 14.3. The first kappa shape index (κ1) is 45.7. The largest absolute Gasteiger partial charge is 0.464 e. The van der Waals surface area contributed by atoms with Crippen LogP contribution in [0.5, 0.6) is 0 Å². The lowest BCUT2D eigenvalue weighted by Crippen LogP contribution is -2.63. The van der Waals surface area contributed by atoms with Gasteiger partial charge in [-0.1, -0.05) is 33.8 Å². The van der Waals surface area contributed by atoms with Crippen molar-refractivity contribution in [2.45, 2.75) is 116 Å². The van der Waals surface area contributed by atoms with Crippen LogP contribution in [0.15, 0.2) is 41.9 Å². The number of cyclic esters (lactones) is 1. The van der Waals surface area contributed by atoms with Crippen molar-refractivity contribution >= 4 is 46.1 Å². The van der Waals surface area contributed by atoms with Gasteiger partial charge in [-0.3, -0.25) is 29.3 Å². The second-order valence-corrected chi connectivity index (χ2v) is 20.4. The van der Waals surface area contributed by atoms with E-state index in [2.05, 4.69) is 72.3 Å². The fraction of sp³-hybridized carbons (Fsp3) is 0.583. The molecule has 4 aliphatic rings. The number of thiazole rings is 1. The second-order valence-electron chi connectivity index (χ2n) is 19.4. The predicted octanol–water partition coefficient (Wildman–Crippen LogP) is 6.06. The zero-order valence-corrected chi connectivity index (χ0v) is 39.7. The van der Waals surface area contributed by atoms with Crippen LogP contribution in [-0.4, -0.2) is 136 Å². The minimum atomic E-state index is -1.03. The molecule has 3 aliphatic heterocycles. The van der Waals surface area contributed by atoms with Crippen LogP contribution in [-0.2, 0) is 43.2 Å². The van der Waals surface area contributed by atoms with Crippen molar-refractivity contribution in [1.82, 2.24) is 45.0 Å². The number of aromatic nitrogens is 3. The van der Waals surface area contributed by atoms with Crippen molar-refractivity contribution in [3.05, 3.63) is 58.2 Å². The van der Waals surface area contributed by atoms with E-state index in [0.29, 0.717) is 50.4 Å². The highest BCUT2D eigenvalue weighted by Crippen LogP contribution is 2.44. The maximum atomic E-state index is 14.6. The number of amides is 4. The van der Waals surface area contributed by atoms with Crippen molar-refractivity contribution in [2.75, 3.05) is 54.0 Å². The Morgan fingerprint density at radius 1 is 1.12 bits per heavy atom. The highest BCUT2D eigenvalue weighted by atomic mass is 32.1. The molecule has 2 saturated heterocycles. The van der Waals surface area contributed by atoms with Crippen LogP contribution in [0.2, 0.25) is 0 Å². The first-order chi connectivity index (χ1) is 30.5. The molecule has 1 spiro atoms. The molecule has 6 heterocycles. The van der Waals surface area contributed by atoms with E-state index in [0.717, 1.165) is 64.1 Å². The fourth-order valence-corrected chi connectivity index (χ4v) is 10.8. The van der Waals surface area contributed by atoms with Crippen LogP contribution in [0.3, 0.4) is 0 Å². The molecule has 6 bridgehead atoms. The van der Waals surface area contributed by atoms with Gasteiger partial charge < -0.3 is 29.2 Å². The molecule has 344 valence electrons. The summed E-state index contributed by atoms with van der Waals surface area (Å²) in [5, 5.41) is 8.27. The van der Waals surface area contributed by atoms with Crippen molar-refractivity contribution in [3.8, 4) is 22.5 Å². The molecule has 15 nitrogen and oxygen atoms in total. The maximum absolute atomic E-state index is 14.6. The molecule has 3 fully saturated rings. The zero-order chi connectivity index (χ0) is 45.7. The quantitative estimate of drug-likeness (QED) is 0.200. The normalized spacial score (nSPS) is 22.3. The number of methoxy groups -OCH3 is 1.